The van der Waals surface area contributed by atoms with Gasteiger partial charge in [-0.1, -0.05) is 43.3 Å². The summed E-state index contributed by atoms with van der Waals surface area (Å²) in [6.07, 6.45) is -1.53. The van der Waals surface area contributed by atoms with Crippen molar-refractivity contribution in [3.8, 4) is 0 Å². The molecule has 37 heavy (non-hydrogen) atoms. The maximum atomic E-state index is 14.7. The van der Waals surface area contributed by atoms with Gasteiger partial charge in [0, 0.05) is 22.9 Å². The molecule has 8 heteroatoms. The van der Waals surface area contributed by atoms with E-state index in [1.54, 1.807) is 6.08 Å². The van der Waals surface area contributed by atoms with Gasteiger partial charge in [0.2, 0.25) is 0 Å². The molecule has 2 fully saturated rings. The molecule has 6 rings (SSSR count). The standard InChI is InChI=1S/C29H34F3NO4/c1-26-13-21(29(30,31)32)19-12-20-24(35)25(36)22(33(2)3)14-27(20)10-11-28(19,37-27)23(26)9-8-18(26)17-6-4-16(15-34)5-7-17/h4-8,12,22-25,34-36H,9-11,13-15H2,1-3H3/t22-,23?,24+,25+,26+,27+,28+/m0/s1. The zero-order valence-corrected chi connectivity index (χ0v) is 21.3. The van der Waals surface area contributed by atoms with Gasteiger partial charge in [-0.3, -0.25) is 0 Å². The summed E-state index contributed by atoms with van der Waals surface area (Å²) in [6, 6.07) is 7.02. The van der Waals surface area contributed by atoms with Crippen molar-refractivity contribution < 1.29 is 33.2 Å². The summed E-state index contributed by atoms with van der Waals surface area (Å²) in [5.74, 6) is -0.187. The van der Waals surface area contributed by atoms with Gasteiger partial charge in [0.1, 0.15) is 6.10 Å². The molecule has 0 amide bonds. The monoisotopic (exact) mass is 517 g/mol. The highest BCUT2D eigenvalue weighted by Crippen LogP contribution is 2.70. The molecule has 1 unspecified atom stereocenters. The molecule has 1 saturated carbocycles. The van der Waals surface area contributed by atoms with Crippen molar-refractivity contribution in [1.82, 2.24) is 4.90 Å². The average molecular weight is 518 g/mol. The van der Waals surface area contributed by atoms with Crippen molar-refractivity contribution in [1.29, 1.82) is 0 Å². The van der Waals surface area contributed by atoms with Crippen molar-refractivity contribution in [2.24, 2.45) is 11.3 Å². The highest BCUT2D eigenvalue weighted by molar-refractivity contribution is 5.75. The first-order chi connectivity index (χ1) is 17.4. The minimum atomic E-state index is -4.56. The smallest absolute Gasteiger partial charge is 0.392 e. The molecule has 5 nitrogen and oxygen atoms in total. The Labute approximate surface area is 214 Å². The number of hydrogen-bond donors (Lipinski definition) is 3. The number of fused-ring (bicyclic) bond motifs is 1. The normalized spacial score (nSPS) is 40.8. The van der Waals surface area contributed by atoms with Gasteiger partial charge in [-0.25, -0.2) is 0 Å². The molecule has 2 bridgehead atoms. The van der Waals surface area contributed by atoms with Crippen LogP contribution in [0.4, 0.5) is 13.2 Å². The minimum Gasteiger partial charge on any atom is -0.392 e. The van der Waals surface area contributed by atoms with Gasteiger partial charge in [0.25, 0.3) is 0 Å². The van der Waals surface area contributed by atoms with Gasteiger partial charge in [-0.05, 0) is 74.0 Å². The summed E-state index contributed by atoms with van der Waals surface area (Å²) in [6.45, 7) is 1.84. The molecule has 0 radical (unpaired) electrons. The van der Waals surface area contributed by atoms with Crippen LogP contribution in [0.15, 0.2) is 53.1 Å². The molecule has 2 heterocycles. The topological polar surface area (TPSA) is 73.2 Å². The van der Waals surface area contributed by atoms with E-state index in [2.05, 4.69) is 6.08 Å². The fraction of sp³-hybridized carbons (Fsp3) is 0.586. The van der Waals surface area contributed by atoms with Crippen LogP contribution in [-0.2, 0) is 11.3 Å². The summed E-state index contributed by atoms with van der Waals surface area (Å²) in [4.78, 5) is 1.86. The predicted molar refractivity (Wildman–Crippen MR) is 132 cm³/mol. The summed E-state index contributed by atoms with van der Waals surface area (Å²) >= 11 is 0. The highest BCUT2D eigenvalue weighted by atomic mass is 19.4. The second kappa shape index (κ2) is 8.02. The maximum Gasteiger partial charge on any atom is 0.413 e. The number of aliphatic hydroxyl groups is 3. The Balaban J connectivity index is 1.51. The second-order valence-corrected chi connectivity index (χ2v) is 12.0. The molecule has 3 aliphatic carbocycles. The van der Waals surface area contributed by atoms with E-state index in [1.807, 2.05) is 50.2 Å². The average Bonchev–Trinajstić information content (AvgIpc) is 3.36. The summed E-state index contributed by atoms with van der Waals surface area (Å²) in [5, 5.41) is 31.4. The largest absolute Gasteiger partial charge is 0.413 e. The maximum absolute atomic E-state index is 14.7. The second-order valence-electron chi connectivity index (χ2n) is 12.0. The van der Waals surface area contributed by atoms with Crippen LogP contribution >= 0.6 is 0 Å². The van der Waals surface area contributed by atoms with Gasteiger partial charge in [-0.2, -0.15) is 13.2 Å². The molecule has 2 spiro atoms. The summed E-state index contributed by atoms with van der Waals surface area (Å²) in [5.41, 5.74) is -0.341. The molecule has 5 aliphatic rings. The number of benzene rings is 1. The van der Waals surface area contributed by atoms with E-state index in [-0.39, 0.29) is 30.6 Å². The van der Waals surface area contributed by atoms with Crippen LogP contribution in [0.25, 0.3) is 5.57 Å². The molecule has 7 atom stereocenters. The first-order valence-corrected chi connectivity index (χ1v) is 13.0. The summed E-state index contributed by atoms with van der Waals surface area (Å²) in [7, 11) is 3.67. The fourth-order valence-electron chi connectivity index (χ4n) is 8.17. The minimum absolute atomic E-state index is 0.0915. The molecule has 1 aromatic carbocycles. The number of halogens is 3. The van der Waals surface area contributed by atoms with Gasteiger partial charge in [-0.15, -0.1) is 0 Å². The van der Waals surface area contributed by atoms with E-state index in [0.717, 1.165) is 16.7 Å². The Morgan fingerprint density at radius 3 is 2.43 bits per heavy atom. The van der Waals surface area contributed by atoms with Crippen LogP contribution in [-0.4, -0.2) is 69.9 Å². The Bertz CT molecular complexity index is 1220. The summed E-state index contributed by atoms with van der Waals surface area (Å²) < 4.78 is 51.1. The Kier molecular flexibility index (Phi) is 5.49. The molecule has 200 valence electrons. The van der Waals surface area contributed by atoms with Crippen molar-refractivity contribution >= 4 is 5.57 Å². The molecular formula is C29H34F3NO4. The van der Waals surface area contributed by atoms with E-state index in [9.17, 15) is 28.5 Å². The first-order valence-electron chi connectivity index (χ1n) is 13.0. The van der Waals surface area contributed by atoms with E-state index in [0.29, 0.717) is 31.3 Å². The lowest BCUT2D eigenvalue weighted by molar-refractivity contribution is -0.170. The zero-order valence-electron chi connectivity index (χ0n) is 21.3. The van der Waals surface area contributed by atoms with Crippen LogP contribution in [0.1, 0.15) is 50.2 Å². The fourth-order valence-corrected chi connectivity index (χ4v) is 8.17. The van der Waals surface area contributed by atoms with Crippen LogP contribution in [0.5, 0.6) is 0 Å². The molecule has 2 aliphatic heterocycles. The number of allylic oxidation sites excluding steroid dienone is 3. The van der Waals surface area contributed by atoms with Crippen molar-refractivity contribution in [2.75, 3.05) is 14.1 Å². The third kappa shape index (κ3) is 3.35. The number of nitrogens with zero attached hydrogens (tertiary/aromatic N) is 1. The molecular weight excluding hydrogens is 483 g/mol. The van der Waals surface area contributed by atoms with Crippen molar-refractivity contribution in [3.63, 3.8) is 0 Å². The van der Waals surface area contributed by atoms with E-state index in [4.69, 9.17) is 4.74 Å². The quantitative estimate of drug-likeness (QED) is 0.562. The van der Waals surface area contributed by atoms with Gasteiger partial charge < -0.3 is 25.0 Å². The Morgan fingerprint density at radius 2 is 1.81 bits per heavy atom. The lowest BCUT2D eigenvalue weighted by atomic mass is 9.56. The van der Waals surface area contributed by atoms with E-state index >= 15 is 0 Å². The number of ether oxygens (including phenoxy) is 1. The lowest BCUT2D eigenvalue weighted by Crippen LogP contribution is -2.62. The third-order valence-electron chi connectivity index (χ3n) is 9.96. The number of hydrogen-bond acceptors (Lipinski definition) is 5. The first kappa shape index (κ1) is 25.3. The van der Waals surface area contributed by atoms with Gasteiger partial charge in [0.15, 0.2) is 0 Å². The Morgan fingerprint density at radius 1 is 1.11 bits per heavy atom. The molecule has 1 aromatic rings. The zero-order chi connectivity index (χ0) is 26.5. The van der Waals surface area contributed by atoms with E-state index in [1.165, 1.54) is 0 Å². The van der Waals surface area contributed by atoms with Crippen LogP contribution in [0.3, 0.4) is 0 Å². The number of aliphatic hydroxyl groups excluding tert-OH is 3. The number of alkyl halides is 3. The van der Waals surface area contributed by atoms with Crippen LogP contribution in [0.2, 0.25) is 0 Å². The van der Waals surface area contributed by atoms with E-state index < -0.39 is 40.6 Å². The Hall–Kier alpha value is -1.97. The lowest BCUT2D eigenvalue weighted by Gasteiger charge is -2.57. The highest BCUT2D eigenvalue weighted by Gasteiger charge is 2.69. The van der Waals surface area contributed by atoms with Crippen LogP contribution < -0.4 is 0 Å². The molecule has 1 saturated heterocycles. The number of rotatable bonds is 3. The van der Waals surface area contributed by atoms with Crippen molar-refractivity contribution in [3.05, 3.63) is 64.3 Å². The number of likely N-dealkylation sites (N-methyl/N-ethyl adjacent to an activating group) is 1. The molecule has 0 aromatic heterocycles. The third-order valence-corrected chi connectivity index (χ3v) is 9.96. The van der Waals surface area contributed by atoms with Crippen LogP contribution in [0, 0.1) is 11.3 Å². The molecule has 3 N–H and O–H groups in total. The SMILES string of the molecule is CN(C)[C@H]1C[C@@]23CC[C@@]4(O2)C(=C(C(F)(F)F)C[C@]2(C)C(c5ccc(CO)cc5)=CCC24)C=C3[C@@H](O)[C@@H]1O. The van der Waals surface area contributed by atoms with Crippen molar-refractivity contribution in [2.45, 2.75) is 81.3 Å². The van der Waals surface area contributed by atoms with Gasteiger partial charge >= 0.3 is 6.18 Å². The van der Waals surface area contributed by atoms with Gasteiger partial charge in [0.05, 0.1) is 23.9 Å². The predicted octanol–water partition coefficient (Wildman–Crippen LogP) is 4.13.